The zero-order valence-corrected chi connectivity index (χ0v) is 12.1. The molecule has 0 aromatic carbocycles. The highest BCUT2D eigenvalue weighted by Crippen LogP contribution is 2.13. The number of carbonyl (C=O) groups excluding carboxylic acids is 1. The van der Waals surface area contributed by atoms with Crippen LogP contribution in [-0.2, 0) is 13.5 Å². The van der Waals surface area contributed by atoms with Crippen molar-refractivity contribution in [1.82, 2.24) is 14.7 Å². The van der Waals surface area contributed by atoms with E-state index in [0.717, 1.165) is 12.1 Å². The van der Waals surface area contributed by atoms with Gasteiger partial charge < -0.3 is 10.6 Å². The maximum Gasteiger partial charge on any atom is 0.257 e. The van der Waals surface area contributed by atoms with Gasteiger partial charge in [0.15, 0.2) is 0 Å². The quantitative estimate of drug-likeness (QED) is 0.813. The van der Waals surface area contributed by atoms with Crippen LogP contribution in [0.2, 0.25) is 0 Å². The van der Waals surface area contributed by atoms with Gasteiger partial charge in [-0.2, -0.15) is 5.10 Å². The van der Waals surface area contributed by atoms with Crippen LogP contribution in [0.15, 0.2) is 6.20 Å². The van der Waals surface area contributed by atoms with Gasteiger partial charge in [0.05, 0.1) is 22.8 Å². The standard InChI is InChI=1S/C12H20N4OS/c1-5-10-9(6-15(4)14-10)12(17)16(8(2)3)7-11(13)18/h6,8H,5,7H2,1-4H3,(H2,13,18). The maximum absolute atomic E-state index is 12.5. The summed E-state index contributed by atoms with van der Waals surface area (Å²) in [6, 6.07) is 0.0453. The molecule has 0 saturated heterocycles. The van der Waals surface area contributed by atoms with Gasteiger partial charge in [0.1, 0.15) is 0 Å². The van der Waals surface area contributed by atoms with Gasteiger partial charge in [-0.15, -0.1) is 0 Å². The largest absolute Gasteiger partial charge is 0.392 e. The van der Waals surface area contributed by atoms with Crippen LogP contribution in [0.3, 0.4) is 0 Å². The van der Waals surface area contributed by atoms with Gasteiger partial charge in [-0.05, 0) is 20.3 Å². The van der Waals surface area contributed by atoms with Crippen LogP contribution in [0.1, 0.15) is 36.8 Å². The third-order valence-corrected chi connectivity index (χ3v) is 2.81. The van der Waals surface area contributed by atoms with Gasteiger partial charge >= 0.3 is 0 Å². The average Bonchev–Trinajstić information content (AvgIpc) is 2.65. The summed E-state index contributed by atoms with van der Waals surface area (Å²) in [5.74, 6) is -0.0669. The van der Waals surface area contributed by atoms with Crippen molar-refractivity contribution in [3.05, 3.63) is 17.5 Å². The smallest absolute Gasteiger partial charge is 0.257 e. The molecule has 1 rings (SSSR count). The Labute approximate surface area is 113 Å². The number of amides is 1. The fourth-order valence-electron chi connectivity index (χ4n) is 1.79. The van der Waals surface area contributed by atoms with Crippen molar-refractivity contribution in [2.75, 3.05) is 6.54 Å². The van der Waals surface area contributed by atoms with Crippen LogP contribution in [0, 0.1) is 0 Å². The van der Waals surface area contributed by atoms with Gasteiger partial charge in [0, 0.05) is 19.3 Å². The Morgan fingerprint density at radius 3 is 2.67 bits per heavy atom. The van der Waals surface area contributed by atoms with Crippen molar-refractivity contribution < 1.29 is 4.79 Å². The predicted octanol–water partition coefficient (Wildman–Crippen LogP) is 1.12. The summed E-state index contributed by atoms with van der Waals surface area (Å²) in [4.78, 5) is 14.5. The first-order valence-electron chi connectivity index (χ1n) is 5.98. The number of aryl methyl sites for hydroxylation is 2. The van der Waals surface area contributed by atoms with Crippen LogP contribution >= 0.6 is 12.2 Å². The zero-order valence-electron chi connectivity index (χ0n) is 11.3. The van der Waals surface area contributed by atoms with Crippen molar-refractivity contribution in [3.8, 4) is 0 Å². The first-order chi connectivity index (χ1) is 8.36. The van der Waals surface area contributed by atoms with Crippen LogP contribution in [0.5, 0.6) is 0 Å². The molecular weight excluding hydrogens is 248 g/mol. The topological polar surface area (TPSA) is 64.2 Å². The number of hydrogen-bond acceptors (Lipinski definition) is 3. The third-order valence-electron chi connectivity index (χ3n) is 2.68. The molecule has 100 valence electrons. The second-order valence-electron chi connectivity index (χ2n) is 4.51. The van der Waals surface area contributed by atoms with Crippen LogP contribution in [0.4, 0.5) is 0 Å². The fourth-order valence-corrected chi connectivity index (χ4v) is 1.92. The molecular formula is C12H20N4OS. The molecule has 1 amide bonds. The van der Waals surface area contributed by atoms with Crippen molar-refractivity contribution >= 4 is 23.1 Å². The van der Waals surface area contributed by atoms with E-state index in [0.29, 0.717) is 17.1 Å². The third kappa shape index (κ3) is 3.29. The molecule has 1 aromatic heterocycles. The number of rotatable bonds is 5. The normalized spacial score (nSPS) is 10.7. The van der Waals surface area contributed by atoms with Gasteiger partial charge in [0.2, 0.25) is 0 Å². The Balaban J connectivity index is 3.05. The molecule has 0 unspecified atom stereocenters. The molecule has 5 nitrogen and oxygen atoms in total. The van der Waals surface area contributed by atoms with E-state index in [1.165, 1.54) is 0 Å². The molecule has 1 heterocycles. The summed E-state index contributed by atoms with van der Waals surface area (Å²) in [5.41, 5.74) is 6.97. The minimum Gasteiger partial charge on any atom is -0.392 e. The van der Waals surface area contributed by atoms with E-state index in [4.69, 9.17) is 18.0 Å². The SMILES string of the molecule is CCc1nn(C)cc1C(=O)N(CC(N)=S)C(C)C. The van der Waals surface area contributed by atoms with Crippen molar-refractivity contribution in [2.24, 2.45) is 12.8 Å². The molecule has 0 atom stereocenters. The van der Waals surface area contributed by atoms with Gasteiger partial charge in [-0.1, -0.05) is 19.1 Å². The van der Waals surface area contributed by atoms with E-state index in [2.05, 4.69) is 5.10 Å². The fraction of sp³-hybridized carbons (Fsp3) is 0.583. The summed E-state index contributed by atoms with van der Waals surface area (Å²) >= 11 is 4.89. The summed E-state index contributed by atoms with van der Waals surface area (Å²) < 4.78 is 1.66. The van der Waals surface area contributed by atoms with Crippen molar-refractivity contribution in [2.45, 2.75) is 33.2 Å². The second kappa shape index (κ2) is 5.95. The van der Waals surface area contributed by atoms with Crippen molar-refractivity contribution in [3.63, 3.8) is 0 Å². The highest BCUT2D eigenvalue weighted by Gasteiger charge is 2.23. The van der Waals surface area contributed by atoms with Gasteiger partial charge in [0.25, 0.3) is 5.91 Å². The first-order valence-corrected chi connectivity index (χ1v) is 6.39. The molecule has 0 aliphatic carbocycles. The van der Waals surface area contributed by atoms with Gasteiger partial charge in [-0.25, -0.2) is 0 Å². The molecule has 6 heteroatoms. The Morgan fingerprint density at radius 2 is 2.22 bits per heavy atom. The molecule has 0 bridgehead atoms. The van der Waals surface area contributed by atoms with Gasteiger partial charge in [-0.3, -0.25) is 9.48 Å². The predicted molar refractivity (Wildman–Crippen MR) is 75.5 cm³/mol. The number of carbonyl (C=O) groups is 1. The number of hydrogen-bond donors (Lipinski definition) is 1. The summed E-state index contributed by atoms with van der Waals surface area (Å²) in [5, 5.41) is 4.28. The second-order valence-corrected chi connectivity index (χ2v) is 5.03. The molecule has 0 saturated carbocycles. The molecule has 0 aliphatic rings. The van der Waals surface area contributed by atoms with E-state index in [9.17, 15) is 4.79 Å². The molecule has 2 N–H and O–H groups in total. The van der Waals surface area contributed by atoms with Crippen LogP contribution in [0.25, 0.3) is 0 Å². The van der Waals surface area contributed by atoms with E-state index < -0.39 is 0 Å². The monoisotopic (exact) mass is 268 g/mol. The van der Waals surface area contributed by atoms with E-state index >= 15 is 0 Å². The highest BCUT2D eigenvalue weighted by molar-refractivity contribution is 7.80. The van der Waals surface area contributed by atoms with Crippen LogP contribution < -0.4 is 5.73 Å². The summed E-state index contributed by atoms with van der Waals surface area (Å²) in [7, 11) is 1.81. The van der Waals surface area contributed by atoms with Crippen molar-refractivity contribution in [1.29, 1.82) is 0 Å². The van der Waals surface area contributed by atoms with E-state index in [-0.39, 0.29) is 11.9 Å². The summed E-state index contributed by atoms with van der Waals surface area (Å²) in [6.45, 7) is 6.16. The number of nitrogens with two attached hydrogens (primary N) is 1. The first kappa shape index (κ1) is 14.6. The minimum atomic E-state index is -0.0669. The molecule has 0 spiro atoms. The Morgan fingerprint density at radius 1 is 1.61 bits per heavy atom. The molecule has 0 aliphatic heterocycles. The highest BCUT2D eigenvalue weighted by atomic mass is 32.1. The van der Waals surface area contributed by atoms with E-state index in [1.54, 1.807) is 15.8 Å². The Bertz CT molecular complexity index is 453. The maximum atomic E-state index is 12.5. The molecule has 0 fully saturated rings. The van der Waals surface area contributed by atoms with E-state index in [1.807, 2.05) is 27.8 Å². The Kier molecular flexibility index (Phi) is 4.84. The number of thiocarbonyl (C=S) groups is 1. The minimum absolute atomic E-state index is 0.0453. The lowest BCUT2D eigenvalue weighted by atomic mass is 10.1. The number of aromatic nitrogens is 2. The average molecular weight is 268 g/mol. The Hall–Kier alpha value is -1.43. The zero-order chi connectivity index (χ0) is 13.9. The van der Waals surface area contributed by atoms with Crippen LogP contribution in [-0.4, -0.2) is 38.2 Å². The lowest BCUT2D eigenvalue weighted by Crippen LogP contribution is -2.42. The lowest BCUT2D eigenvalue weighted by molar-refractivity contribution is 0.0735. The molecule has 0 radical (unpaired) electrons. The summed E-state index contributed by atoms with van der Waals surface area (Å²) in [6.07, 6.45) is 2.47. The molecule has 1 aromatic rings. The molecule has 18 heavy (non-hydrogen) atoms. The lowest BCUT2D eigenvalue weighted by Gasteiger charge is -2.26. The number of nitrogens with zero attached hydrogens (tertiary/aromatic N) is 3.